The summed E-state index contributed by atoms with van der Waals surface area (Å²) < 4.78 is 10.3. The van der Waals surface area contributed by atoms with Crippen molar-refractivity contribution in [1.82, 2.24) is 4.90 Å². The van der Waals surface area contributed by atoms with Crippen molar-refractivity contribution in [3.8, 4) is 0 Å². The van der Waals surface area contributed by atoms with Gasteiger partial charge in [-0.2, -0.15) is 0 Å². The number of ether oxygens (including phenoxy) is 2. The van der Waals surface area contributed by atoms with Gasteiger partial charge in [0.05, 0.1) is 18.8 Å². The van der Waals surface area contributed by atoms with Crippen molar-refractivity contribution < 1.29 is 19.4 Å². The number of β-amino-alcohol motifs (C(OH)–C–C–N with tert-alkyl or cyclic N) is 1. The van der Waals surface area contributed by atoms with Gasteiger partial charge in [0.25, 0.3) is 0 Å². The molecule has 0 bridgehead atoms. The normalized spacial score (nSPS) is 26.7. The molecule has 1 rings (SSSR count). The van der Waals surface area contributed by atoms with Crippen LogP contribution >= 0.6 is 0 Å². The highest BCUT2D eigenvalue weighted by molar-refractivity contribution is 5.68. The third kappa shape index (κ3) is 3.64. The molecule has 0 spiro atoms. The smallest absolute Gasteiger partial charge is 0.410 e. The summed E-state index contributed by atoms with van der Waals surface area (Å²) >= 11 is 0. The molecule has 0 aliphatic carbocycles. The predicted octanol–water partition coefficient (Wildman–Crippen LogP) is 1.00. The first kappa shape index (κ1) is 13.3. The fourth-order valence-electron chi connectivity index (χ4n) is 1.68. The van der Waals surface area contributed by atoms with E-state index in [1.54, 1.807) is 7.11 Å². The minimum Gasteiger partial charge on any atom is -0.444 e. The minimum absolute atomic E-state index is 0.182. The second-order valence-electron chi connectivity index (χ2n) is 5.06. The number of likely N-dealkylation sites (tertiary alicyclic amines) is 1. The topological polar surface area (TPSA) is 59.0 Å². The van der Waals surface area contributed by atoms with E-state index in [4.69, 9.17) is 9.47 Å². The van der Waals surface area contributed by atoms with E-state index in [0.717, 1.165) is 0 Å². The van der Waals surface area contributed by atoms with Crippen molar-refractivity contribution in [1.29, 1.82) is 0 Å². The quantitative estimate of drug-likeness (QED) is 0.731. The predicted molar refractivity (Wildman–Crippen MR) is 59.2 cm³/mol. The van der Waals surface area contributed by atoms with Gasteiger partial charge in [-0.1, -0.05) is 0 Å². The second kappa shape index (κ2) is 5.01. The van der Waals surface area contributed by atoms with Crippen molar-refractivity contribution >= 4 is 6.09 Å². The molecule has 1 saturated heterocycles. The number of nitrogens with zero attached hydrogens (tertiary/aromatic N) is 1. The summed E-state index contributed by atoms with van der Waals surface area (Å²) in [6, 6.07) is 0. The highest BCUT2D eigenvalue weighted by Crippen LogP contribution is 2.17. The van der Waals surface area contributed by atoms with Gasteiger partial charge in [-0.3, -0.25) is 0 Å². The van der Waals surface area contributed by atoms with Crippen LogP contribution in [0.25, 0.3) is 0 Å². The number of methoxy groups -OCH3 is 1. The minimum atomic E-state index is -0.633. The maximum absolute atomic E-state index is 11.7. The molecule has 0 aromatic rings. The number of hydrogen-bond acceptors (Lipinski definition) is 4. The lowest BCUT2D eigenvalue weighted by Crippen LogP contribution is -2.50. The van der Waals surface area contributed by atoms with Gasteiger partial charge in [-0.15, -0.1) is 0 Å². The molecular formula is C11H21NO4. The van der Waals surface area contributed by atoms with Crippen molar-refractivity contribution in [2.24, 2.45) is 0 Å². The number of rotatable bonds is 1. The van der Waals surface area contributed by atoms with Gasteiger partial charge in [-0.25, -0.2) is 4.79 Å². The Morgan fingerprint density at radius 3 is 2.50 bits per heavy atom. The molecule has 1 aliphatic heterocycles. The number of carbonyl (C=O) groups is 1. The van der Waals surface area contributed by atoms with Crippen LogP contribution < -0.4 is 0 Å². The zero-order chi connectivity index (χ0) is 12.3. The summed E-state index contributed by atoms with van der Waals surface area (Å²) in [5.74, 6) is 0. The Morgan fingerprint density at radius 1 is 1.44 bits per heavy atom. The van der Waals surface area contributed by atoms with Gasteiger partial charge in [-0.05, 0) is 27.2 Å². The molecule has 0 saturated carbocycles. The van der Waals surface area contributed by atoms with Crippen LogP contribution in [-0.2, 0) is 9.47 Å². The Kier molecular flexibility index (Phi) is 4.15. The lowest BCUT2D eigenvalue weighted by atomic mass is 10.1. The zero-order valence-corrected chi connectivity index (χ0v) is 10.4. The van der Waals surface area contributed by atoms with Gasteiger partial charge in [0.15, 0.2) is 0 Å². The van der Waals surface area contributed by atoms with Crippen LogP contribution in [0.3, 0.4) is 0 Å². The lowest BCUT2D eigenvalue weighted by molar-refractivity contribution is -0.0639. The first-order valence-corrected chi connectivity index (χ1v) is 5.52. The maximum atomic E-state index is 11.7. The Labute approximate surface area is 96.3 Å². The average Bonchev–Trinajstić information content (AvgIpc) is 2.15. The molecule has 16 heavy (non-hydrogen) atoms. The van der Waals surface area contributed by atoms with E-state index in [9.17, 15) is 9.90 Å². The van der Waals surface area contributed by atoms with Crippen molar-refractivity contribution in [2.75, 3.05) is 20.2 Å². The Hall–Kier alpha value is -0.810. The molecule has 94 valence electrons. The number of hydrogen-bond donors (Lipinski definition) is 1. The van der Waals surface area contributed by atoms with E-state index in [-0.39, 0.29) is 18.7 Å². The molecule has 0 aromatic carbocycles. The van der Waals surface area contributed by atoms with Crippen molar-refractivity contribution in [3.05, 3.63) is 0 Å². The second-order valence-corrected chi connectivity index (χ2v) is 5.06. The molecule has 1 fully saturated rings. The molecule has 0 radical (unpaired) electrons. The number of aliphatic hydroxyl groups excluding tert-OH is 1. The molecule has 0 unspecified atom stereocenters. The Bertz CT molecular complexity index is 249. The lowest BCUT2D eigenvalue weighted by Gasteiger charge is -2.35. The summed E-state index contributed by atoms with van der Waals surface area (Å²) in [7, 11) is 1.57. The highest BCUT2D eigenvalue weighted by Gasteiger charge is 2.32. The Balaban J connectivity index is 2.48. The fourth-order valence-corrected chi connectivity index (χ4v) is 1.68. The summed E-state index contributed by atoms with van der Waals surface area (Å²) in [5.41, 5.74) is -0.500. The van der Waals surface area contributed by atoms with Gasteiger partial charge in [0.1, 0.15) is 5.60 Å². The number of amides is 1. The van der Waals surface area contributed by atoms with Gasteiger partial charge in [0.2, 0.25) is 0 Å². The standard InChI is InChI=1S/C11H21NO4/c1-11(2,3)16-10(14)12-6-5-9(15-4)8(13)7-12/h8-9,13H,5-7H2,1-4H3/t8-,9+/m0/s1. The van der Waals surface area contributed by atoms with Crippen LogP contribution in [0, 0.1) is 0 Å². The monoisotopic (exact) mass is 231 g/mol. The molecule has 1 N–H and O–H groups in total. The van der Waals surface area contributed by atoms with Crippen LogP contribution in [0.4, 0.5) is 4.79 Å². The average molecular weight is 231 g/mol. The Morgan fingerprint density at radius 2 is 2.06 bits per heavy atom. The molecule has 1 heterocycles. The molecule has 5 nitrogen and oxygen atoms in total. The molecular weight excluding hydrogens is 210 g/mol. The van der Waals surface area contributed by atoms with E-state index in [0.29, 0.717) is 13.0 Å². The van der Waals surface area contributed by atoms with E-state index in [1.807, 2.05) is 20.8 Å². The molecule has 5 heteroatoms. The maximum Gasteiger partial charge on any atom is 0.410 e. The number of carbonyl (C=O) groups excluding carboxylic acids is 1. The molecule has 2 atom stereocenters. The number of piperidine rings is 1. The van der Waals surface area contributed by atoms with Crippen LogP contribution in [0.15, 0.2) is 0 Å². The van der Waals surface area contributed by atoms with Crippen LogP contribution in [0.5, 0.6) is 0 Å². The van der Waals surface area contributed by atoms with E-state index < -0.39 is 11.7 Å². The van der Waals surface area contributed by atoms with Crippen molar-refractivity contribution in [3.63, 3.8) is 0 Å². The van der Waals surface area contributed by atoms with Crippen LogP contribution in [0.2, 0.25) is 0 Å². The van der Waals surface area contributed by atoms with E-state index >= 15 is 0 Å². The van der Waals surface area contributed by atoms with E-state index in [2.05, 4.69) is 0 Å². The molecule has 0 aromatic heterocycles. The highest BCUT2D eigenvalue weighted by atomic mass is 16.6. The molecule has 1 aliphatic rings. The van der Waals surface area contributed by atoms with Crippen LogP contribution in [-0.4, -0.2) is 54.1 Å². The largest absolute Gasteiger partial charge is 0.444 e. The summed E-state index contributed by atoms with van der Waals surface area (Å²) in [6.07, 6.45) is -0.553. The summed E-state index contributed by atoms with van der Waals surface area (Å²) in [4.78, 5) is 13.2. The summed E-state index contributed by atoms with van der Waals surface area (Å²) in [6.45, 7) is 6.30. The van der Waals surface area contributed by atoms with Gasteiger partial charge < -0.3 is 19.5 Å². The SMILES string of the molecule is CO[C@@H]1CCN(C(=O)OC(C)(C)C)C[C@@H]1O. The molecule has 1 amide bonds. The fraction of sp³-hybridized carbons (Fsp3) is 0.909. The van der Waals surface area contributed by atoms with Crippen molar-refractivity contribution in [2.45, 2.75) is 45.0 Å². The number of aliphatic hydroxyl groups is 1. The first-order chi connectivity index (χ1) is 7.33. The first-order valence-electron chi connectivity index (χ1n) is 5.52. The van der Waals surface area contributed by atoms with Crippen LogP contribution in [0.1, 0.15) is 27.2 Å². The van der Waals surface area contributed by atoms with Gasteiger partial charge >= 0.3 is 6.09 Å². The van der Waals surface area contributed by atoms with E-state index in [1.165, 1.54) is 4.90 Å². The third-order valence-electron chi connectivity index (χ3n) is 2.47. The third-order valence-corrected chi connectivity index (χ3v) is 2.47. The summed E-state index contributed by atoms with van der Waals surface area (Å²) in [5, 5.41) is 9.71. The zero-order valence-electron chi connectivity index (χ0n) is 10.4. The van der Waals surface area contributed by atoms with Gasteiger partial charge in [0, 0.05) is 13.7 Å².